The highest BCUT2D eigenvalue weighted by atomic mass is 16.6. The Morgan fingerprint density at radius 1 is 0.885 bits per heavy atom. The van der Waals surface area contributed by atoms with Gasteiger partial charge in [0.15, 0.2) is 6.61 Å². The maximum absolute atomic E-state index is 11.5. The summed E-state index contributed by atoms with van der Waals surface area (Å²) in [6.45, 7) is 2.20. The molecule has 0 aliphatic heterocycles. The predicted molar refractivity (Wildman–Crippen MR) is 87.2 cm³/mol. The average molecular weight is 368 g/mol. The van der Waals surface area contributed by atoms with Crippen molar-refractivity contribution in [2.45, 2.75) is 26.1 Å². The van der Waals surface area contributed by atoms with Gasteiger partial charge in [-0.05, 0) is 13.8 Å². The van der Waals surface area contributed by atoms with Gasteiger partial charge in [-0.15, -0.1) is 6.42 Å². The van der Waals surface area contributed by atoms with Gasteiger partial charge in [0.05, 0.1) is 6.10 Å². The number of hydrogen-bond donors (Lipinski definition) is 1. The second-order valence-electron chi connectivity index (χ2n) is 4.84. The van der Waals surface area contributed by atoms with Gasteiger partial charge >= 0.3 is 23.9 Å². The van der Waals surface area contributed by atoms with Crippen LogP contribution in [0.5, 0.6) is 0 Å². The van der Waals surface area contributed by atoms with Gasteiger partial charge in [0, 0.05) is 24.3 Å². The molecule has 2 unspecified atom stereocenters. The van der Waals surface area contributed by atoms with Gasteiger partial charge in [-0.3, -0.25) is 0 Å². The molecule has 0 saturated heterocycles. The van der Waals surface area contributed by atoms with Gasteiger partial charge in [-0.2, -0.15) is 0 Å². The topological polar surface area (TPSA) is 125 Å². The fourth-order valence-electron chi connectivity index (χ4n) is 1.20. The largest absolute Gasteiger partial charge is 0.460 e. The number of aliphatic hydroxyl groups excluding tert-OH is 1. The van der Waals surface area contributed by atoms with Gasteiger partial charge in [0.1, 0.15) is 19.3 Å². The summed E-state index contributed by atoms with van der Waals surface area (Å²) >= 11 is 0. The summed E-state index contributed by atoms with van der Waals surface area (Å²) < 4.78 is 18.7. The molecule has 9 nitrogen and oxygen atoms in total. The predicted octanol–water partition coefficient (Wildman–Crippen LogP) is -0.326. The van der Waals surface area contributed by atoms with Gasteiger partial charge in [-0.1, -0.05) is 5.92 Å². The van der Waals surface area contributed by atoms with E-state index in [9.17, 15) is 19.2 Å². The van der Waals surface area contributed by atoms with E-state index in [0.717, 1.165) is 24.3 Å². The molecule has 0 rings (SSSR count). The van der Waals surface area contributed by atoms with Crippen LogP contribution in [0.4, 0.5) is 0 Å². The number of aliphatic hydroxyl groups is 1. The number of esters is 4. The van der Waals surface area contributed by atoms with Gasteiger partial charge in [-0.25, -0.2) is 19.2 Å². The molecule has 0 radical (unpaired) electrons. The highest BCUT2D eigenvalue weighted by Gasteiger charge is 2.10. The minimum Gasteiger partial charge on any atom is -0.460 e. The van der Waals surface area contributed by atoms with E-state index in [1.54, 1.807) is 0 Å². The second-order valence-corrected chi connectivity index (χ2v) is 4.84. The van der Waals surface area contributed by atoms with Crippen LogP contribution in [0.25, 0.3) is 0 Å². The van der Waals surface area contributed by atoms with E-state index in [1.807, 2.05) is 0 Å². The number of ether oxygens (including phenoxy) is 4. The third-order valence-corrected chi connectivity index (χ3v) is 2.25. The lowest BCUT2D eigenvalue weighted by molar-refractivity contribution is -0.151. The zero-order valence-corrected chi connectivity index (χ0v) is 14.4. The van der Waals surface area contributed by atoms with Crippen LogP contribution in [-0.4, -0.2) is 61.0 Å². The molecule has 0 aliphatic rings. The fraction of sp³-hybridized carbons (Fsp3) is 0.412. The Balaban J connectivity index is 4.12. The lowest BCUT2D eigenvalue weighted by Crippen LogP contribution is -2.21. The van der Waals surface area contributed by atoms with E-state index in [2.05, 4.69) is 15.4 Å². The minimum atomic E-state index is -0.851. The molecule has 0 saturated carbocycles. The van der Waals surface area contributed by atoms with Gasteiger partial charge < -0.3 is 24.1 Å². The maximum atomic E-state index is 11.5. The van der Waals surface area contributed by atoms with E-state index in [1.165, 1.54) is 13.8 Å². The maximum Gasteiger partial charge on any atom is 0.331 e. The third kappa shape index (κ3) is 13.3. The van der Waals surface area contributed by atoms with E-state index in [4.69, 9.17) is 21.0 Å². The van der Waals surface area contributed by atoms with Crippen molar-refractivity contribution in [1.29, 1.82) is 0 Å². The summed E-state index contributed by atoms with van der Waals surface area (Å²) in [5, 5.41) is 8.94. The average Bonchev–Trinajstić information content (AvgIpc) is 2.59. The minimum absolute atomic E-state index is 0.200. The van der Waals surface area contributed by atoms with Crippen molar-refractivity contribution < 1.29 is 43.2 Å². The monoisotopic (exact) mass is 368 g/mol. The third-order valence-electron chi connectivity index (χ3n) is 2.25. The summed E-state index contributed by atoms with van der Waals surface area (Å²) in [6, 6.07) is 0. The zero-order valence-electron chi connectivity index (χ0n) is 14.4. The van der Waals surface area contributed by atoms with Crippen molar-refractivity contribution in [2.75, 3.05) is 19.8 Å². The Morgan fingerprint density at radius 3 is 1.85 bits per heavy atom. The van der Waals surface area contributed by atoms with E-state index < -0.39 is 36.1 Å². The van der Waals surface area contributed by atoms with Crippen molar-refractivity contribution >= 4 is 23.9 Å². The Bertz CT molecular complexity index is 596. The van der Waals surface area contributed by atoms with Crippen LogP contribution in [0.3, 0.4) is 0 Å². The van der Waals surface area contributed by atoms with E-state index >= 15 is 0 Å². The molecule has 2 atom stereocenters. The Kier molecular flexibility index (Phi) is 11.6. The number of rotatable bonds is 10. The lowest BCUT2D eigenvalue weighted by Gasteiger charge is -2.11. The molecule has 0 aromatic rings. The molecular weight excluding hydrogens is 348 g/mol. The van der Waals surface area contributed by atoms with E-state index in [-0.39, 0.29) is 19.8 Å². The summed E-state index contributed by atoms with van der Waals surface area (Å²) in [4.78, 5) is 45.1. The van der Waals surface area contributed by atoms with Crippen LogP contribution >= 0.6 is 0 Å². The van der Waals surface area contributed by atoms with Crippen LogP contribution in [0, 0.1) is 12.3 Å². The SMILES string of the molecule is C#CCOC(=O)/C=C/C(=O)OCC(C)OC(=O)/C=C/C(=O)OCC(C)O. The summed E-state index contributed by atoms with van der Waals surface area (Å²) in [7, 11) is 0. The summed E-state index contributed by atoms with van der Waals surface area (Å²) in [6.07, 6.45) is 6.64. The first-order valence-corrected chi connectivity index (χ1v) is 7.43. The molecule has 0 aromatic carbocycles. The molecular formula is C17H20O9. The van der Waals surface area contributed by atoms with Crippen LogP contribution < -0.4 is 0 Å². The number of hydrogen-bond acceptors (Lipinski definition) is 9. The first kappa shape index (κ1) is 22.9. The zero-order chi connectivity index (χ0) is 19.9. The van der Waals surface area contributed by atoms with Crippen LogP contribution in [-0.2, 0) is 38.1 Å². The normalized spacial score (nSPS) is 12.8. The lowest BCUT2D eigenvalue weighted by atomic mass is 10.4. The van der Waals surface area contributed by atoms with Crippen molar-refractivity contribution in [3.63, 3.8) is 0 Å². The van der Waals surface area contributed by atoms with Crippen molar-refractivity contribution in [3.05, 3.63) is 24.3 Å². The summed E-state index contributed by atoms with van der Waals surface area (Å²) in [5.41, 5.74) is 0. The molecule has 0 aliphatic carbocycles. The standard InChI is InChI=1S/C17H20O9/c1-4-9-23-14(19)5-6-16(21)25-11-13(3)26-17(22)8-7-15(20)24-10-12(2)18/h1,5-8,12-13,18H,9-11H2,2-3H3/b6-5+,8-7+. The Hall–Kier alpha value is -3.12. The molecule has 0 fully saturated rings. The number of carbonyl (C=O) groups excluding carboxylic acids is 4. The van der Waals surface area contributed by atoms with Gasteiger partial charge in [0.25, 0.3) is 0 Å². The second kappa shape index (κ2) is 13.2. The van der Waals surface area contributed by atoms with Crippen molar-refractivity contribution in [2.24, 2.45) is 0 Å². The Morgan fingerprint density at radius 2 is 1.35 bits per heavy atom. The molecule has 142 valence electrons. The number of carbonyl (C=O) groups is 4. The molecule has 9 heteroatoms. The smallest absolute Gasteiger partial charge is 0.331 e. The molecule has 1 N–H and O–H groups in total. The number of terminal acetylenes is 1. The molecule has 0 bridgehead atoms. The van der Waals surface area contributed by atoms with Crippen molar-refractivity contribution in [1.82, 2.24) is 0 Å². The van der Waals surface area contributed by atoms with Crippen LogP contribution in [0.15, 0.2) is 24.3 Å². The highest BCUT2D eigenvalue weighted by molar-refractivity contribution is 5.92. The van der Waals surface area contributed by atoms with Crippen LogP contribution in [0.2, 0.25) is 0 Å². The van der Waals surface area contributed by atoms with Gasteiger partial charge in [0.2, 0.25) is 0 Å². The van der Waals surface area contributed by atoms with Crippen molar-refractivity contribution in [3.8, 4) is 12.3 Å². The molecule has 0 aromatic heterocycles. The van der Waals surface area contributed by atoms with E-state index in [0.29, 0.717) is 0 Å². The quantitative estimate of drug-likeness (QED) is 0.239. The molecule has 26 heavy (non-hydrogen) atoms. The van der Waals surface area contributed by atoms with Crippen LogP contribution in [0.1, 0.15) is 13.8 Å². The summed E-state index contributed by atoms with van der Waals surface area (Å²) in [5.74, 6) is -1.22. The molecule has 0 spiro atoms. The first-order valence-electron chi connectivity index (χ1n) is 7.43. The first-order chi connectivity index (χ1) is 12.2. The highest BCUT2D eigenvalue weighted by Crippen LogP contribution is 1.96. The molecule has 0 heterocycles. The fourth-order valence-corrected chi connectivity index (χ4v) is 1.20. The Labute approximate surface area is 150 Å². The molecule has 0 amide bonds.